The van der Waals surface area contributed by atoms with Gasteiger partial charge in [-0.1, -0.05) is 29.4 Å². The molecule has 158 valence electrons. The molecule has 30 heavy (non-hydrogen) atoms. The zero-order valence-corrected chi connectivity index (χ0v) is 17.8. The standard InChI is InChI=1S/C23H27N3O4/c1-15-7-5-6-8-18(15)22-24-23(30-25-22)17-9-10-26(14-17)13-16-11-19(27-2)21(29-4)20(12-16)28-3/h5-8,11-12,17H,9-10,13-14H2,1-4H3/t17-/m0/s1. The number of rotatable bonds is 7. The molecule has 3 aromatic rings. The van der Waals surface area contributed by atoms with Gasteiger partial charge in [0, 0.05) is 18.7 Å². The van der Waals surface area contributed by atoms with Gasteiger partial charge in [-0.05, 0) is 43.1 Å². The Morgan fingerprint density at radius 3 is 2.47 bits per heavy atom. The van der Waals surface area contributed by atoms with E-state index in [0.717, 1.165) is 42.7 Å². The van der Waals surface area contributed by atoms with Gasteiger partial charge in [0.25, 0.3) is 0 Å². The Hall–Kier alpha value is -3.06. The van der Waals surface area contributed by atoms with Gasteiger partial charge in [-0.15, -0.1) is 0 Å². The molecule has 0 radical (unpaired) electrons. The van der Waals surface area contributed by atoms with Gasteiger partial charge in [0.15, 0.2) is 11.5 Å². The molecule has 1 saturated heterocycles. The average Bonchev–Trinajstić information content (AvgIpc) is 3.43. The maximum absolute atomic E-state index is 5.62. The number of nitrogens with zero attached hydrogens (tertiary/aromatic N) is 3. The van der Waals surface area contributed by atoms with Crippen molar-refractivity contribution in [3.63, 3.8) is 0 Å². The molecule has 0 saturated carbocycles. The first-order chi connectivity index (χ1) is 14.6. The molecule has 1 atom stereocenters. The molecule has 2 aromatic carbocycles. The molecule has 1 fully saturated rings. The highest BCUT2D eigenvalue weighted by Gasteiger charge is 2.29. The van der Waals surface area contributed by atoms with Gasteiger partial charge in [-0.25, -0.2) is 0 Å². The molecule has 0 bridgehead atoms. The Labute approximate surface area is 176 Å². The Morgan fingerprint density at radius 1 is 1.07 bits per heavy atom. The van der Waals surface area contributed by atoms with Crippen molar-refractivity contribution in [3.8, 4) is 28.6 Å². The largest absolute Gasteiger partial charge is 0.493 e. The molecule has 2 heterocycles. The Balaban J connectivity index is 1.46. The van der Waals surface area contributed by atoms with Gasteiger partial charge in [-0.3, -0.25) is 4.90 Å². The molecule has 7 heteroatoms. The Kier molecular flexibility index (Phi) is 5.90. The van der Waals surface area contributed by atoms with E-state index < -0.39 is 0 Å². The van der Waals surface area contributed by atoms with Crippen LogP contribution in [0, 0.1) is 6.92 Å². The monoisotopic (exact) mass is 409 g/mol. The topological polar surface area (TPSA) is 69.9 Å². The SMILES string of the molecule is COc1cc(CN2CC[C@H](c3nc(-c4ccccc4C)no3)C2)cc(OC)c1OC. The van der Waals surface area contributed by atoms with Crippen molar-refractivity contribution in [3.05, 3.63) is 53.4 Å². The second-order valence-electron chi connectivity index (χ2n) is 7.53. The predicted molar refractivity (Wildman–Crippen MR) is 113 cm³/mol. The first-order valence-electron chi connectivity index (χ1n) is 10.0. The van der Waals surface area contributed by atoms with Crippen LogP contribution in [0.25, 0.3) is 11.4 Å². The molecule has 0 amide bonds. The lowest BCUT2D eigenvalue weighted by molar-refractivity contribution is 0.303. The molecular formula is C23H27N3O4. The number of aromatic nitrogens is 2. The molecule has 0 unspecified atom stereocenters. The van der Waals surface area contributed by atoms with Crippen LogP contribution in [0.3, 0.4) is 0 Å². The highest BCUT2D eigenvalue weighted by Crippen LogP contribution is 2.39. The minimum atomic E-state index is 0.234. The van der Waals surface area contributed by atoms with Gasteiger partial charge in [0.05, 0.1) is 27.2 Å². The van der Waals surface area contributed by atoms with Gasteiger partial charge < -0.3 is 18.7 Å². The summed E-state index contributed by atoms with van der Waals surface area (Å²) in [4.78, 5) is 7.06. The van der Waals surface area contributed by atoms with E-state index in [2.05, 4.69) is 28.0 Å². The summed E-state index contributed by atoms with van der Waals surface area (Å²) in [5, 5.41) is 4.21. The van der Waals surface area contributed by atoms with E-state index in [0.29, 0.717) is 29.0 Å². The molecule has 1 aromatic heterocycles. The van der Waals surface area contributed by atoms with E-state index in [1.165, 1.54) is 0 Å². The van der Waals surface area contributed by atoms with Crippen molar-refractivity contribution in [2.45, 2.75) is 25.8 Å². The van der Waals surface area contributed by atoms with Crippen LogP contribution in [0.4, 0.5) is 0 Å². The van der Waals surface area contributed by atoms with Gasteiger partial charge >= 0.3 is 0 Å². The molecular weight excluding hydrogens is 382 g/mol. The van der Waals surface area contributed by atoms with E-state index in [9.17, 15) is 0 Å². The van der Waals surface area contributed by atoms with Gasteiger partial charge in [-0.2, -0.15) is 4.98 Å². The van der Waals surface area contributed by atoms with Crippen molar-refractivity contribution in [1.82, 2.24) is 15.0 Å². The summed E-state index contributed by atoms with van der Waals surface area (Å²) in [5.41, 5.74) is 3.26. The van der Waals surface area contributed by atoms with E-state index in [1.807, 2.05) is 30.3 Å². The second kappa shape index (κ2) is 8.75. The number of likely N-dealkylation sites (tertiary alicyclic amines) is 1. The number of hydrogen-bond donors (Lipinski definition) is 0. The molecule has 7 nitrogen and oxygen atoms in total. The van der Waals surface area contributed by atoms with Crippen LogP contribution in [0.1, 0.15) is 29.4 Å². The van der Waals surface area contributed by atoms with E-state index >= 15 is 0 Å². The molecule has 1 aliphatic rings. The maximum Gasteiger partial charge on any atom is 0.231 e. The van der Waals surface area contributed by atoms with Crippen molar-refractivity contribution < 1.29 is 18.7 Å². The first-order valence-corrected chi connectivity index (χ1v) is 10.0. The van der Waals surface area contributed by atoms with Crippen LogP contribution in [-0.2, 0) is 6.54 Å². The first kappa shape index (κ1) is 20.2. The smallest absolute Gasteiger partial charge is 0.231 e. The van der Waals surface area contributed by atoms with E-state index in [1.54, 1.807) is 21.3 Å². The van der Waals surface area contributed by atoms with Crippen molar-refractivity contribution in [2.75, 3.05) is 34.4 Å². The number of aryl methyl sites for hydroxylation is 1. The third-order valence-electron chi connectivity index (χ3n) is 5.58. The zero-order chi connectivity index (χ0) is 21.1. The summed E-state index contributed by atoms with van der Waals surface area (Å²) in [5.74, 6) is 3.55. The second-order valence-corrected chi connectivity index (χ2v) is 7.53. The molecule has 0 spiro atoms. The van der Waals surface area contributed by atoms with Crippen LogP contribution in [-0.4, -0.2) is 49.5 Å². The fourth-order valence-electron chi connectivity index (χ4n) is 4.00. The highest BCUT2D eigenvalue weighted by atomic mass is 16.5. The van der Waals surface area contributed by atoms with Crippen molar-refractivity contribution >= 4 is 0 Å². The van der Waals surface area contributed by atoms with Crippen LogP contribution in [0.15, 0.2) is 40.9 Å². The van der Waals surface area contributed by atoms with E-state index in [4.69, 9.17) is 18.7 Å². The quantitative estimate of drug-likeness (QED) is 0.583. The Morgan fingerprint density at radius 2 is 1.80 bits per heavy atom. The molecule has 0 aliphatic carbocycles. The number of methoxy groups -OCH3 is 3. The zero-order valence-electron chi connectivity index (χ0n) is 17.8. The summed E-state index contributed by atoms with van der Waals surface area (Å²) >= 11 is 0. The van der Waals surface area contributed by atoms with Crippen LogP contribution in [0.5, 0.6) is 17.2 Å². The maximum atomic E-state index is 5.62. The summed E-state index contributed by atoms with van der Waals surface area (Å²) < 4.78 is 22.0. The molecule has 1 aliphatic heterocycles. The summed E-state index contributed by atoms with van der Waals surface area (Å²) in [7, 11) is 4.88. The molecule has 4 rings (SSSR count). The van der Waals surface area contributed by atoms with Crippen LogP contribution < -0.4 is 14.2 Å². The number of hydrogen-bond acceptors (Lipinski definition) is 7. The van der Waals surface area contributed by atoms with E-state index in [-0.39, 0.29) is 5.92 Å². The fourth-order valence-corrected chi connectivity index (χ4v) is 4.00. The number of ether oxygens (including phenoxy) is 3. The van der Waals surface area contributed by atoms with Gasteiger partial charge in [0.1, 0.15) is 0 Å². The lowest BCUT2D eigenvalue weighted by atomic mass is 10.1. The minimum Gasteiger partial charge on any atom is -0.493 e. The normalized spacial score (nSPS) is 16.6. The van der Waals surface area contributed by atoms with Gasteiger partial charge in [0.2, 0.25) is 17.5 Å². The molecule has 0 N–H and O–H groups in total. The fraction of sp³-hybridized carbons (Fsp3) is 0.391. The lowest BCUT2D eigenvalue weighted by Crippen LogP contribution is -2.20. The summed E-state index contributed by atoms with van der Waals surface area (Å²) in [6.45, 7) is 4.67. The average molecular weight is 409 g/mol. The predicted octanol–water partition coefficient (Wildman–Crippen LogP) is 4.06. The number of benzene rings is 2. The Bertz CT molecular complexity index is 992. The lowest BCUT2D eigenvalue weighted by Gasteiger charge is -2.18. The minimum absolute atomic E-state index is 0.234. The van der Waals surface area contributed by atoms with Crippen molar-refractivity contribution in [2.24, 2.45) is 0 Å². The van der Waals surface area contributed by atoms with Crippen LogP contribution >= 0.6 is 0 Å². The summed E-state index contributed by atoms with van der Waals surface area (Å²) in [6.07, 6.45) is 0.986. The third-order valence-corrected chi connectivity index (χ3v) is 5.58. The van der Waals surface area contributed by atoms with Crippen LogP contribution in [0.2, 0.25) is 0 Å². The van der Waals surface area contributed by atoms with Crippen molar-refractivity contribution in [1.29, 1.82) is 0 Å². The summed E-state index contributed by atoms with van der Waals surface area (Å²) in [6, 6.07) is 12.1. The third kappa shape index (κ3) is 3.98. The highest BCUT2D eigenvalue weighted by molar-refractivity contribution is 5.59.